The number of aryl methyl sites for hydroxylation is 1. The van der Waals surface area contributed by atoms with Gasteiger partial charge in [0.15, 0.2) is 0 Å². The van der Waals surface area contributed by atoms with Gasteiger partial charge in [0.2, 0.25) is 0 Å². The lowest BCUT2D eigenvalue weighted by Gasteiger charge is -2.13. The SMILES string of the molecule is CCc1cccc2c1CCC=C2. The van der Waals surface area contributed by atoms with Gasteiger partial charge in [0, 0.05) is 0 Å². The molecule has 0 saturated carbocycles. The van der Waals surface area contributed by atoms with Gasteiger partial charge in [-0.25, -0.2) is 0 Å². The van der Waals surface area contributed by atoms with Crippen molar-refractivity contribution in [3.63, 3.8) is 0 Å². The molecule has 0 heteroatoms. The van der Waals surface area contributed by atoms with E-state index in [1.54, 1.807) is 5.56 Å². The van der Waals surface area contributed by atoms with E-state index in [-0.39, 0.29) is 0 Å². The van der Waals surface area contributed by atoms with Gasteiger partial charge in [-0.2, -0.15) is 0 Å². The van der Waals surface area contributed by atoms with E-state index >= 15 is 0 Å². The molecule has 1 aliphatic rings. The lowest BCUT2D eigenvalue weighted by molar-refractivity contribution is 0.946. The molecule has 0 atom stereocenters. The Morgan fingerprint density at radius 1 is 1.33 bits per heavy atom. The summed E-state index contributed by atoms with van der Waals surface area (Å²) in [6, 6.07) is 6.62. The minimum absolute atomic E-state index is 1.16. The van der Waals surface area contributed by atoms with E-state index in [0.29, 0.717) is 0 Å². The lowest BCUT2D eigenvalue weighted by Crippen LogP contribution is -1.98. The van der Waals surface area contributed by atoms with Crippen LogP contribution in [0.5, 0.6) is 0 Å². The molecule has 0 radical (unpaired) electrons. The van der Waals surface area contributed by atoms with Gasteiger partial charge in [0.05, 0.1) is 0 Å². The van der Waals surface area contributed by atoms with Crippen LogP contribution in [-0.4, -0.2) is 0 Å². The van der Waals surface area contributed by atoms with Crippen LogP contribution in [0.15, 0.2) is 24.3 Å². The monoisotopic (exact) mass is 158 g/mol. The molecule has 0 aliphatic heterocycles. The van der Waals surface area contributed by atoms with Crippen LogP contribution in [0.2, 0.25) is 0 Å². The Kier molecular flexibility index (Phi) is 1.99. The summed E-state index contributed by atoms with van der Waals surface area (Å²) in [5, 5.41) is 0. The Morgan fingerprint density at radius 2 is 2.25 bits per heavy atom. The summed E-state index contributed by atoms with van der Waals surface area (Å²) < 4.78 is 0. The highest BCUT2D eigenvalue weighted by Gasteiger charge is 2.06. The molecule has 1 aromatic carbocycles. The number of benzene rings is 1. The van der Waals surface area contributed by atoms with Crippen LogP contribution in [0.25, 0.3) is 6.08 Å². The minimum Gasteiger partial charge on any atom is -0.0836 e. The van der Waals surface area contributed by atoms with Crippen molar-refractivity contribution in [2.24, 2.45) is 0 Å². The molecule has 1 aromatic rings. The molecule has 62 valence electrons. The first-order chi connectivity index (χ1) is 5.92. The Balaban J connectivity index is 2.53. The fourth-order valence-electron chi connectivity index (χ4n) is 1.88. The summed E-state index contributed by atoms with van der Waals surface area (Å²) in [5.41, 5.74) is 4.53. The van der Waals surface area contributed by atoms with E-state index in [2.05, 4.69) is 37.3 Å². The zero-order valence-corrected chi connectivity index (χ0v) is 7.51. The second-order valence-electron chi connectivity index (χ2n) is 3.28. The number of allylic oxidation sites excluding steroid dienone is 1. The van der Waals surface area contributed by atoms with Gasteiger partial charge in [0.25, 0.3) is 0 Å². The van der Waals surface area contributed by atoms with E-state index < -0.39 is 0 Å². The van der Waals surface area contributed by atoms with E-state index in [4.69, 9.17) is 0 Å². The molecule has 0 heterocycles. The van der Waals surface area contributed by atoms with Crippen LogP contribution in [0, 0.1) is 0 Å². The van der Waals surface area contributed by atoms with Gasteiger partial charge < -0.3 is 0 Å². The summed E-state index contributed by atoms with van der Waals surface area (Å²) in [5.74, 6) is 0. The minimum atomic E-state index is 1.16. The van der Waals surface area contributed by atoms with Crippen LogP contribution >= 0.6 is 0 Å². The fraction of sp³-hybridized carbons (Fsp3) is 0.333. The highest BCUT2D eigenvalue weighted by molar-refractivity contribution is 5.58. The van der Waals surface area contributed by atoms with Gasteiger partial charge in [0.1, 0.15) is 0 Å². The van der Waals surface area contributed by atoms with Crippen LogP contribution < -0.4 is 0 Å². The fourth-order valence-corrected chi connectivity index (χ4v) is 1.88. The van der Waals surface area contributed by atoms with E-state index in [1.807, 2.05) is 0 Å². The second-order valence-corrected chi connectivity index (χ2v) is 3.28. The molecule has 0 bridgehead atoms. The van der Waals surface area contributed by atoms with Crippen LogP contribution in [0.3, 0.4) is 0 Å². The molecule has 0 unspecified atom stereocenters. The van der Waals surface area contributed by atoms with Crippen molar-refractivity contribution < 1.29 is 0 Å². The maximum absolute atomic E-state index is 2.27. The number of rotatable bonds is 1. The van der Waals surface area contributed by atoms with Gasteiger partial charge in [-0.1, -0.05) is 37.3 Å². The topological polar surface area (TPSA) is 0 Å². The molecule has 1 aliphatic carbocycles. The molecular weight excluding hydrogens is 144 g/mol. The number of hydrogen-bond acceptors (Lipinski definition) is 0. The van der Waals surface area contributed by atoms with E-state index in [1.165, 1.54) is 24.0 Å². The normalized spacial score (nSPS) is 14.4. The molecule has 0 N–H and O–H groups in total. The van der Waals surface area contributed by atoms with Crippen molar-refractivity contribution in [3.05, 3.63) is 41.0 Å². The van der Waals surface area contributed by atoms with E-state index in [0.717, 1.165) is 6.42 Å². The first-order valence-electron chi connectivity index (χ1n) is 4.69. The van der Waals surface area contributed by atoms with Crippen molar-refractivity contribution >= 4 is 6.08 Å². The largest absolute Gasteiger partial charge is 0.0836 e. The van der Waals surface area contributed by atoms with Crippen molar-refractivity contribution in [3.8, 4) is 0 Å². The number of fused-ring (bicyclic) bond motifs is 1. The zero-order valence-electron chi connectivity index (χ0n) is 7.51. The van der Waals surface area contributed by atoms with E-state index in [9.17, 15) is 0 Å². The van der Waals surface area contributed by atoms with Gasteiger partial charge >= 0.3 is 0 Å². The summed E-state index contributed by atoms with van der Waals surface area (Å²) in [6.45, 7) is 2.23. The van der Waals surface area contributed by atoms with Gasteiger partial charge in [-0.15, -0.1) is 0 Å². The zero-order chi connectivity index (χ0) is 8.39. The average molecular weight is 158 g/mol. The van der Waals surface area contributed by atoms with Crippen molar-refractivity contribution in [1.82, 2.24) is 0 Å². The Morgan fingerprint density at radius 3 is 3.08 bits per heavy atom. The van der Waals surface area contributed by atoms with Gasteiger partial charge in [-0.05, 0) is 36.0 Å². The summed E-state index contributed by atoms with van der Waals surface area (Å²) in [6.07, 6.45) is 8.12. The van der Waals surface area contributed by atoms with Crippen molar-refractivity contribution in [2.45, 2.75) is 26.2 Å². The van der Waals surface area contributed by atoms with Crippen LogP contribution in [0.4, 0.5) is 0 Å². The van der Waals surface area contributed by atoms with Gasteiger partial charge in [-0.3, -0.25) is 0 Å². The summed E-state index contributed by atoms with van der Waals surface area (Å²) in [7, 11) is 0. The van der Waals surface area contributed by atoms with Crippen LogP contribution in [-0.2, 0) is 12.8 Å². The highest BCUT2D eigenvalue weighted by Crippen LogP contribution is 2.22. The molecule has 0 spiro atoms. The third-order valence-electron chi connectivity index (χ3n) is 2.55. The molecule has 0 aromatic heterocycles. The molecule has 0 nitrogen and oxygen atoms in total. The quantitative estimate of drug-likeness (QED) is 0.588. The first-order valence-corrected chi connectivity index (χ1v) is 4.69. The molecule has 0 saturated heterocycles. The highest BCUT2D eigenvalue weighted by atomic mass is 14.1. The first kappa shape index (κ1) is 7.60. The Bertz CT molecular complexity index is 308. The average Bonchev–Trinajstić information content (AvgIpc) is 2.17. The smallest absolute Gasteiger partial charge is 0.0225 e. The molecular formula is C12H14. The number of hydrogen-bond donors (Lipinski definition) is 0. The third kappa shape index (κ3) is 1.18. The summed E-state index contributed by atoms with van der Waals surface area (Å²) in [4.78, 5) is 0. The van der Waals surface area contributed by atoms with Crippen LogP contribution in [0.1, 0.15) is 30.0 Å². The second kappa shape index (κ2) is 3.14. The molecule has 12 heavy (non-hydrogen) atoms. The predicted octanol–water partition coefficient (Wildman–Crippen LogP) is 3.21. The Hall–Kier alpha value is -1.04. The predicted molar refractivity (Wildman–Crippen MR) is 53.2 cm³/mol. The Labute approximate surface area is 73.9 Å². The van der Waals surface area contributed by atoms with Crippen molar-refractivity contribution in [1.29, 1.82) is 0 Å². The maximum atomic E-state index is 2.27. The standard InChI is InChI=1S/C12H14/c1-2-10-7-5-8-11-6-3-4-9-12(10)11/h3,5-8H,2,4,9H2,1H3. The maximum Gasteiger partial charge on any atom is -0.0225 e. The van der Waals surface area contributed by atoms with Crippen molar-refractivity contribution in [2.75, 3.05) is 0 Å². The molecule has 0 amide bonds. The molecule has 2 rings (SSSR count). The molecule has 0 fully saturated rings. The third-order valence-corrected chi connectivity index (χ3v) is 2.55. The lowest BCUT2D eigenvalue weighted by atomic mass is 9.92. The summed E-state index contributed by atoms with van der Waals surface area (Å²) >= 11 is 0.